The molecular weight excluding hydrogens is 248 g/mol. The summed E-state index contributed by atoms with van der Waals surface area (Å²) >= 11 is 0. The summed E-state index contributed by atoms with van der Waals surface area (Å²) in [5.74, 6) is 0.852. The van der Waals surface area contributed by atoms with Gasteiger partial charge in [-0.15, -0.1) is 0 Å². The van der Waals surface area contributed by atoms with Crippen molar-refractivity contribution in [3.05, 3.63) is 0 Å². The fourth-order valence-electron chi connectivity index (χ4n) is 5.34. The molecule has 2 N–H and O–H groups in total. The van der Waals surface area contributed by atoms with E-state index in [0.29, 0.717) is 6.04 Å². The smallest absolute Gasteiger partial charge is 0.192 e. The maximum absolute atomic E-state index is 6.36. The minimum Gasteiger partial charge on any atom is -0.370 e. The fourth-order valence-corrected chi connectivity index (χ4v) is 5.34. The number of hydrogen-bond donors (Lipinski definition) is 1. The van der Waals surface area contributed by atoms with Gasteiger partial charge in [0.25, 0.3) is 0 Å². The van der Waals surface area contributed by atoms with Crippen LogP contribution in [0.2, 0.25) is 0 Å². The average molecular weight is 276 g/mol. The molecule has 3 heterocycles. The van der Waals surface area contributed by atoms with Crippen LogP contribution in [0.15, 0.2) is 4.99 Å². The highest BCUT2D eigenvalue weighted by Gasteiger charge is 2.56. The predicted octanol–water partition coefficient (Wildman–Crippen LogP) is 1.95. The van der Waals surface area contributed by atoms with E-state index < -0.39 is 0 Å². The van der Waals surface area contributed by atoms with Gasteiger partial charge in [0.2, 0.25) is 0 Å². The number of rotatable bonds is 1. The molecule has 0 amide bonds. The number of hydrogen-bond acceptors (Lipinski definition) is 4. The van der Waals surface area contributed by atoms with Gasteiger partial charge in [0.05, 0.1) is 12.1 Å². The van der Waals surface area contributed by atoms with E-state index in [1.807, 2.05) is 0 Å². The number of nitrogens with zero attached hydrogens (tertiary/aromatic N) is 3. The van der Waals surface area contributed by atoms with E-state index in [4.69, 9.17) is 10.7 Å². The summed E-state index contributed by atoms with van der Waals surface area (Å²) in [6.45, 7) is 3.51. The van der Waals surface area contributed by atoms with Crippen LogP contribution < -0.4 is 5.73 Å². The molecule has 1 aliphatic carbocycles. The van der Waals surface area contributed by atoms with Crippen LogP contribution in [0.3, 0.4) is 0 Å². The van der Waals surface area contributed by atoms with Crippen molar-refractivity contribution in [3.8, 4) is 0 Å². The van der Waals surface area contributed by atoms with Crippen LogP contribution in [-0.2, 0) is 0 Å². The third-order valence-corrected chi connectivity index (χ3v) is 6.25. The van der Waals surface area contributed by atoms with Crippen LogP contribution in [0.5, 0.6) is 0 Å². The monoisotopic (exact) mass is 276 g/mol. The van der Waals surface area contributed by atoms with Crippen LogP contribution in [0, 0.1) is 0 Å². The van der Waals surface area contributed by atoms with Crippen molar-refractivity contribution in [2.24, 2.45) is 10.7 Å². The molecule has 1 saturated carbocycles. The van der Waals surface area contributed by atoms with Gasteiger partial charge in [-0.05, 0) is 38.6 Å². The molecule has 0 aromatic heterocycles. The Morgan fingerprint density at radius 2 is 1.80 bits per heavy atom. The van der Waals surface area contributed by atoms with Gasteiger partial charge in [0, 0.05) is 18.6 Å². The highest BCUT2D eigenvalue weighted by molar-refractivity contribution is 5.81. The van der Waals surface area contributed by atoms with Crippen molar-refractivity contribution >= 4 is 5.96 Å². The third-order valence-electron chi connectivity index (χ3n) is 6.25. The Morgan fingerprint density at radius 3 is 2.60 bits per heavy atom. The molecule has 4 aliphatic rings. The minimum atomic E-state index is 0.260. The number of guanidine groups is 1. The first-order valence-electron chi connectivity index (χ1n) is 8.65. The number of nitrogens with two attached hydrogens (primary N) is 1. The standard InChI is InChI=1S/C16H28N4/c17-15-18-12-16(9-11-19-10-5-8-14(16)19)20(15)13-6-3-1-2-4-7-13/h13-14H,1-12H2,(H2,17,18). The lowest BCUT2D eigenvalue weighted by atomic mass is 9.85. The zero-order chi connectivity index (χ0) is 13.6. The highest BCUT2D eigenvalue weighted by Crippen LogP contribution is 2.44. The Hall–Kier alpha value is -0.770. The van der Waals surface area contributed by atoms with E-state index >= 15 is 0 Å². The van der Waals surface area contributed by atoms with Crippen LogP contribution >= 0.6 is 0 Å². The first-order chi connectivity index (χ1) is 9.81. The van der Waals surface area contributed by atoms with E-state index in [-0.39, 0.29) is 5.54 Å². The zero-order valence-electron chi connectivity index (χ0n) is 12.6. The second-order valence-corrected chi connectivity index (χ2v) is 7.24. The van der Waals surface area contributed by atoms with Gasteiger partial charge in [0.15, 0.2) is 5.96 Å². The SMILES string of the molecule is NC1=NCC2(CCN3CCCC32)N1C1CCCCCC1. The summed E-state index contributed by atoms with van der Waals surface area (Å²) in [6.07, 6.45) is 12.2. The van der Waals surface area contributed by atoms with E-state index in [1.165, 1.54) is 70.9 Å². The van der Waals surface area contributed by atoms with Crippen LogP contribution in [0.25, 0.3) is 0 Å². The van der Waals surface area contributed by atoms with Crippen molar-refractivity contribution in [2.45, 2.75) is 75.4 Å². The third kappa shape index (κ3) is 1.80. The lowest BCUT2D eigenvalue weighted by molar-refractivity contribution is 0.102. The van der Waals surface area contributed by atoms with Crippen molar-refractivity contribution < 1.29 is 0 Å². The van der Waals surface area contributed by atoms with Crippen molar-refractivity contribution in [1.82, 2.24) is 9.80 Å². The van der Waals surface area contributed by atoms with Crippen LogP contribution in [-0.4, -0.2) is 53.0 Å². The van der Waals surface area contributed by atoms with Crippen molar-refractivity contribution in [3.63, 3.8) is 0 Å². The minimum absolute atomic E-state index is 0.260. The molecule has 112 valence electrons. The lowest BCUT2D eigenvalue weighted by Gasteiger charge is -2.45. The second-order valence-electron chi connectivity index (χ2n) is 7.24. The molecular formula is C16H28N4. The fraction of sp³-hybridized carbons (Fsp3) is 0.938. The maximum Gasteiger partial charge on any atom is 0.192 e. The topological polar surface area (TPSA) is 44.9 Å². The molecule has 0 radical (unpaired) electrons. The normalized spacial score (nSPS) is 39.3. The molecule has 4 rings (SSSR count). The average Bonchev–Trinajstić information content (AvgIpc) is 3.05. The molecule has 4 nitrogen and oxygen atoms in total. The summed E-state index contributed by atoms with van der Waals surface area (Å²) in [5.41, 5.74) is 6.62. The number of fused-ring (bicyclic) bond motifs is 2. The largest absolute Gasteiger partial charge is 0.370 e. The maximum atomic E-state index is 6.36. The molecule has 3 fully saturated rings. The Balaban J connectivity index is 1.62. The Bertz CT molecular complexity index is 399. The molecule has 2 saturated heterocycles. The highest BCUT2D eigenvalue weighted by atomic mass is 15.4. The quantitative estimate of drug-likeness (QED) is 0.745. The van der Waals surface area contributed by atoms with Gasteiger partial charge in [-0.1, -0.05) is 25.7 Å². The van der Waals surface area contributed by atoms with E-state index in [2.05, 4.69) is 9.80 Å². The summed E-state index contributed by atoms with van der Waals surface area (Å²) < 4.78 is 0. The first kappa shape index (κ1) is 12.9. The molecule has 20 heavy (non-hydrogen) atoms. The van der Waals surface area contributed by atoms with Gasteiger partial charge in [0.1, 0.15) is 0 Å². The van der Waals surface area contributed by atoms with Crippen LogP contribution in [0.1, 0.15) is 57.8 Å². The van der Waals surface area contributed by atoms with Crippen molar-refractivity contribution in [1.29, 1.82) is 0 Å². The molecule has 4 heteroatoms. The molecule has 1 spiro atoms. The van der Waals surface area contributed by atoms with Gasteiger partial charge >= 0.3 is 0 Å². The summed E-state index contributed by atoms with van der Waals surface area (Å²) in [4.78, 5) is 10.0. The van der Waals surface area contributed by atoms with Crippen molar-refractivity contribution in [2.75, 3.05) is 19.6 Å². The first-order valence-corrected chi connectivity index (χ1v) is 8.65. The van der Waals surface area contributed by atoms with E-state index in [1.54, 1.807) is 0 Å². The molecule has 3 aliphatic heterocycles. The van der Waals surface area contributed by atoms with Gasteiger partial charge < -0.3 is 10.6 Å². The summed E-state index contributed by atoms with van der Waals surface area (Å²) in [5, 5.41) is 0. The molecule has 0 aromatic carbocycles. The predicted molar refractivity (Wildman–Crippen MR) is 81.8 cm³/mol. The van der Waals surface area contributed by atoms with Gasteiger partial charge in [-0.3, -0.25) is 9.89 Å². The lowest BCUT2D eigenvalue weighted by Crippen LogP contribution is -2.60. The molecule has 2 unspecified atom stereocenters. The molecule has 0 bridgehead atoms. The van der Waals surface area contributed by atoms with Crippen LogP contribution in [0.4, 0.5) is 0 Å². The van der Waals surface area contributed by atoms with Gasteiger partial charge in [-0.25, -0.2) is 0 Å². The Kier molecular flexibility index (Phi) is 3.17. The zero-order valence-corrected chi connectivity index (χ0v) is 12.6. The van der Waals surface area contributed by atoms with E-state index in [0.717, 1.165) is 18.5 Å². The Labute approximate surface area is 122 Å². The molecule has 0 aromatic rings. The second kappa shape index (κ2) is 4.90. The summed E-state index contributed by atoms with van der Waals surface area (Å²) in [6, 6.07) is 1.37. The summed E-state index contributed by atoms with van der Waals surface area (Å²) in [7, 11) is 0. The van der Waals surface area contributed by atoms with E-state index in [9.17, 15) is 0 Å². The number of aliphatic imine (C=N–C) groups is 1. The Morgan fingerprint density at radius 1 is 1.00 bits per heavy atom. The van der Waals surface area contributed by atoms with Gasteiger partial charge in [-0.2, -0.15) is 0 Å². The molecule has 2 atom stereocenters.